The van der Waals surface area contributed by atoms with E-state index in [1.54, 1.807) is 44.2 Å². The molecule has 0 aliphatic rings. The number of anilines is 1. The van der Waals surface area contributed by atoms with Crippen LogP contribution in [-0.4, -0.2) is 50.7 Å². The van der Waals surface area contributed by atoms with Gasteiger partial charge in [0.15, 0.2) is 0 Å². The van der Waals surface area contributed by atoms with E-state index in [4.69, 9.17) is 4.42 Å². The number of aromatic nitrogens is 4. The van der Waals surface area contributed by atoms with Crippen LogP contribution in [0.15, 0.2) is 62.6 Å². The average molecular weight is 579 g/mol. The van der Waals surface area contributed by atoms with Crippen LogP contribution in [0.5, 0.6) is 0 Å². The van der Waals surface area contributed by atoms with Crippen molar-refractivity contribution in [2.24, 2.45) is 5.92 Å². The number of benzene rings is 1. The Labute approximate surface area is 239 Å². The highest BCUT2D eigenvalue weighted by atomic mass is 32.1. The zero-order valence-electron chi connectivity index (χ0n) is 23.2. The van der Waals surface area contributed by atoms with Crippen LogP contribution in [0, 0.1) is 5.92 Å². The second-order valence-corrected chi connectivity index (χ2v) is 10.9. The van der Waals surface area contributed by atoms with Crippen molar-refractivity contribution in [3.05, 3.63) is 81.1 Å². The van der Waals surface area contributed by atoms with Gasteiger partial charge in [-0.25, -0.2) is 9.78 Å². The number of hydrogen-bond acceptors (Lipinski definition) is 10. The summed E-state index contributed by atoms with van der Waals surface area (Å²) < 4.78 is 11.5. The van der Waals surface area contributed by atoms with Crippen LogP contribution < -0.4 is 16.2 Å². The maximum absolute atomic E-state index is 13.4. The Morgan fingerprint density at radius 2 is 1.85 bits per heavy atom. The third-order valence-corrected chi connectivity index (χ3v) is 7.17. The van der Waals surface area contributed by atoms with E-state index in [0.717, 1.165) is 17.2 Å². The highest BCUT2D eigenvalue weighted by Crippen LogP contribution is 2.32. The molecule has 13 heteroatoms. The first-order valence-electron chi connectivity index (χ1n) is 12.7. The molecule has 41 heavy (non-hydrogen) atoms. The van der Waals surface area contributed by atoms with Crippen molar-refractivity contribution in [3.63, 3.8) is 0 Å². The summed E-state index contributed by atoms with van der Waals surface area (Å²) in [5, 5.41) is 17.0. The number of ether oxygens (including phenoxy) is 1. The predicted molar refractivity (Wildman–Crippen MR) is 152 cm³/mol. The van der Waals surface area contributed by atoms with Crippen molar-refractivity contribution in [2.75, 3.05) is 12.4 Å². The molecule has 2 N–H and O–H groups in total. The van der Waals surface area contributed by atoms with Gasteiger partial charge >= 0.3 is 6.09 Å². The Morgan fingerprint density at radius 1 is 1.12 bits per heavy atom. The lowest BCUT2D eigenvalue weighted by Gasteiger charge is -2.21. The second-order valence-electron chi connectivity index (χ2n) is 10.1. The number of carbonyl (C=O) groups is 3. The Bertz CT molecular complexity index is 1590. The fourth-order valence-corrected chi connectivity index (χ4v) is 4.88. The van der Waals surface area contributed by atoms with Gasteiger partial charge in [0, 0.05) is 5.56 Å². The van der Waals surface area contributed by atoms with Crippen LogP contribution in [0.1, 0.15) is 49.8 Å². The Hall–Kier alpha value is -4.65. The van der Waals surface area contributed by atoms with Crippen LogP contribution in [-0.2, 0) is 21.5 Å². The molecule has 1 atom stereocenters. The summed E-state index contributed by atoms with van der Waals surface area (Å²) in [6.45, 7) is 6.87. The molecular weight excluding hydrogens is 548 g/mol. The van der Waals surface area contributed by atoms with Gasteiger partial charge in [-0.3, -0.25) is 24.3 Å². The van der Waals surface area contributed by atoms with E-state index in [2.05, 4.69) is 30.6 Å². The van der Waals surface area contributed by atoms with Gasteiger partial charge < -0.3 is 14.5 Å². The first-order valence-corrected chi connectivity index (χ1v) is 13.7. The molecule has 3 heterocycles. The predicted octanol–water partition coefficient (Wildman–Crippen LogP) is 3.88. The number of ketones is 1. The number of nitrogens with zero attached hydrogens (tertiary/aromatic N) is 4. The molecule has 4 aromatic rings. The molecule has 4 rings (SSSR count). The highest BCUT2D eigenvalue weighted by Gasteiger charge is 2.34. The van der Waals surface area contributed by atoms with Crippen LogP contribution in [0.25, 0.3) is 11.4 Å². The van der Waals surface area contributed by atoms with E-state index < -0.39 is 41.3 Å². The third-order valence-electron chi connectivity index (χ3n) is 6.48. The number of amides is 2. The summed E-state index contributed by atoms with van der Waals surface area (Å²) in [6, 6.07) is 9.72. The molecule has 0 fully saturated rings. The zero-order chi connectivity index (χ0) is 29.7. The first kappa shape index (κ1) is 29.3. The number of nitrogens with one attached hydrogen (secondary N) is 2. The topological polar surface area (TPSA) is 158 Å². The van der Waals surface area contributed by atoms with Gasteiger partial charge in [0.05, 0.1) is 24.8 Å². The SMILES string of the molecule is COC(=O)Nc1cnc(-c2ccccc2)n(CC(=O)N[C@H](C(=O)c2nnc(C(C)(C)c3ccsc3)o2)C(C)C)c1=O. The molecule has 3 aromatic heterocycles. The number of carbonyl (C=O) groups excluding carboxylic acids is 3. The van der Waals surface area contributed by atoms with Gasteiger partial charge in [-0.05, 0) is 42.2 Å². The molecule has 0 aliphatic carbocycles. The molecule has 1 aromatic carbocycles. The van der Waals surface area contributed by atoms with Gasteiger partial charge in [0.1, 0.15) is 18.1 Å². The molecule has 0 saturated carbocycles. The molecule has 214 valence electrons. The lowest BCUT2D eigenvalue weighted by Crippen LogP contribution is -2.46. The van der Waals surface area contributed by atoms with Gasteiger partial charge in [-0.2, -0.15) is 11.3 Å². The lowest BCUT2D eigenvalue weighted by molar-refractivity contribution is -0.122. The van der Waals surface area contributed by atoms with Crippen molar-refractivity contribution in [3.8, 4) is 11.4 Å². The number of methoxy groups -OCH3 is 1. The normalized spacial score (nSPS) is 12.1. The van der Waals surface area contributed by atoms with E-state index in [1.807, 2.05) is 30.7 Å². The van der Waals surface area contributed by atoms with Gasteiger partial charge in [-0.1, -0.05) is 44.2 Å². The summed E-state index contributed by atoms with van der Waals surface area (Å²) >= 11 is 1.54. The first-order chi connectivity index (χ1) is 19.5. The third kappa shape index (κ3) is 6.40. The van der Waals surface area contributed by atoms with E-state index in [9.17, 15) is 19.2 Å². The van der Waals surface area contributed by atoms with Crippen LogP contribution >= 0.6 is 11.3 Å². The van der Waals surface area contributed by atoms with Crippen LogP contribution in [0.4, 0.5) is 10.5 Å². The van der Waals surface area contributed by atoms with Crippen molar-refractivity contribution >= 4 is 34.8 Å². The molecular formula is C28H30N6O6S. The maximum atomic E-state index is 13.4. The van der Waals surface area contributed by atoms with Crippen molar-refractivity contribution in [2.45, 2.75) is 45.7 Å². The van der Waals surface area contributed by atoms with Crippen molar-refractivity contribution in [1.29, 1.82) is 0 Å². The average Bonchev–Trinajstić information content (AvgIpc) is 3.68. The summed E-state index contributed by atoms with van der Waals surface area (Å²) in [7, 11) is 1.16. The molecule has 0 spiro atoms. The Morgan fingerprint density at radius 3 is 2.49 bits per heavy atom. The fraction of sp³-hybridized carbons (Fsp3) is 0.321. The summed E-state index contributed by atoms with van der Waals surface area (Å²) in [5.74, 6) is -1.29. The van der Waals surface area contributed by atoms with Crippen LogP contribution in [0.2, 0.25) is 0 Å². The van der Waals surface area contributed by atoms with E-state index in [-0.39, 0.29) is 29.2 Å². The van der Waals surface area contributed by atoms with Crippen molar-refractivity contribution in [1.82, 2.24) is 25.1 Å². The summed E-state index contributed by atoms with van der Waals surface area (Å²) in [6.07, 6.45) is 0.334. The molecule has 0 radical (unpaired) electrons. The number of thiophene rings is 1. The maximum Gasteiger partial charge on any atom is 0.411 e. The van der Waals surface area contributed by atoms with E-state index in [0.29, 0.717) is 5.56 Å². The second kappa shape index (κ2) is 12.3. The summed E-state index contributed by atoms with van der Waals surface area (Å²) in [5.41, 5.74) is 0.0746. The largest absolute Gasteiger partial charge is 0.453 e. The van der Waals surface area contributed by atoms with Gasteiger partial charge in [0.25, 0.3) is 11.4 Å². The molecule has 12 nitrogen and oxygen atoms in total. The molecule has 0 bridgehead atoms. The Kier molecular flexibility index (Phi) is 8.77. The highest BCUT2D eigenvalue weighted by molar-refractivity contribution is 7.08. The zero-order valence-corrected chi connectivity index (χ0v) is 24.0. The standard InChI is InChI=1S/C28H30N6O6S/c1-16(2)21(22(36)24-32-33-26(40-24)28(3,4)18-11-12-41-15-18)31-20(35)14-34-23(17-9-7-6-8-10-17)29-13-19(25(34)37)30-27(38)39-5/h6-13,15-16,21H,14H2,1-5H3,(H,30,38)(H,31,35)/t21-/m0/s1. The number of hydrogen-bond donors (Lipinski definition) is 2. The fourth-order valence-electron chi connectivity index (χ4n) is 4.05. The number of rotatable bonds is 10. The molecule has 0 aliphatic heterocycles. The smallest absolute Gasteiger partial charge is 0.411 e. The van der Waals surface area contributed by atoms with E-state index >= 15 is 0 Å². The molecule has 0 saturated heterocycles. The molecule has 2 amide bonds. The van der Waals surface area contributed by atoms with Gasteiger partial charge in [-0.15, -0.1) is 10.2 Å². The lowest BCUT2D eigenvalue weighted by atomic mass is 9.87. The molecule has 0 unspecified atom stereocenters. The van der Waals surface area contributed by atoms with Crippen LogP contribution in [0.3, 0.4) is 0 Å². The monoisotopic (exact) mass is 578 g/mol. The number of Topliss-reactive ketones (excluding diaryl/α,β-unsaturated/α-hetero) is 1. The Balaban J connectivity index is 1.60. The van der Waals surface area contributed by atoms with Crippen molar-refractivity contribution < 1.29 is 23.5 Å². The van der Waals surface area contributed by atoms with E-state index in [1.165, 1.54) is 17.5 Å². The summed E-state index contributed by atoms with van der Waals surface area (Å²) in [4.78, 5) is 56.0. The minimum Gasteiger partial charge on any atom is -0.453 e. The minimum absolute atomic E-state index is 0.174. The van der Waals surface area contributed by atoms with Gasteiger partial charge in [0.2, 0.25) is 17.6 Å². The minimum atomic E-state index is -1.01. The quantitative estimate of drug-likeness (QED) is 0.266.